The summed E-state index contributed by atoms with van der Waals surface area (Å²) in [4.78, 5) is 8.56. The van der Waals surface area contributed by atoms with Crippen LogP contribution in [0.15, 0.2) is 0 Å². The lowest BCUT2D eigenvalue weighted by Gasteiger charge is -1.60. The molecule has 4 nitrogen and oxygen atoms in total. The summed E-state index contributed by atoms with van der Waals surface area (Å²) in [5.41, 5.74) is 0. The molecule has 0 unspecified atom stereocenters. The van der Waals surface area contributed by atoms with Crippen LogP contribution in [0.4, 0.5) is 4.79 Å². The molecule has 0 saturated heterocycles. The van der Waals surface area contributed by atoms with Gasteiger partial charge in [0, 0.05) is 5.48 Å². The largest absolute Gasteiger partial charge is 0.503 e. The predicted octanol–water partition coefficient (Wildman–Crippen LogP) is -0.813. The molecule has 0 bridgehead atoms. The first-order chi connectivity index (χ1) is 1.73. The molecule has 0 heterocycles. The lowest BCUT2D eigenvalue weighted by atomic mass is 11.5. The van der Waals surface area contributed by atoms with Crippen LogP contribution >= 0.6 is 0 Å². The van der Waals surface area contributed by atoms with Crippen molar-refractivity contribution >= 4 is 29.2 Å². The van der Waals surface area contributed by atoms with E-state index in [0.29, 0.717) is 0 Å². The summed E-state index contributed by atoms with van der Waals surface area (Å²) in [5, 5.41) is 13.9. The summed E-state index contributed by atoms with van der Waals surface area (Å²) < 4.78 is 0. The molecule has 0 rings (SSSR count). The van der Waals surface area contributed by atoms with Crippen LogP contribution < -0.4 is 0 Å². The first kappa shape index (κ1) is 16.7. The third kappa shape index (κ3) is 2530000. The molecule has 0 amide bonds. The molecule has 0 aliphatic heterocycles. The van der Waals surface area contributed by atoms with E-state index in [1.807, 2.05) is 0 Å². The molecular formula is CH4MgO4. The van der Waals surface area contributed by atoms with Gasteiger partial charge in [-0.2, -0.15) is 0 Å². The molecule has 6 heavy (non-hydrogen) atoms. The molecular weight excluding hydrogens is 100 g/mol. The maximum atomic E-state index is 8.56. The van der Waals surface area contributed by atoms with Crippen LogP contribution in [0.2, 0.25) is 0 Å². The van der Waals surface area contributed by atoms with Gasteiger partial charge in [0.2, 0.25) is 0 Å². The van der Waals surface area contributed by atoms with E-state index in [-0.39, 0.29) is 28.5 Å². The van der Waals surface area contributed by atoms with Crippen molar-refractivity contribution in [2.45, 2.75) is 0 Å². The van der Waals surface area contributed by atoms with Gasteiger partial charge in [-0.1, -0.05) is 0 Å². The summed E-state index contributed by atoms with van der Waals surface area (Å²) in [6.07, 6.45) is -1.83. The molecule has 34 valence electrons. The normalized spacial score (nSPS) is 4.00. The van der Waals surface area contributed by atoms with Crippen LogP contribution in [0.1, 0.15) is 0 Å². The molecule has 0 saturated carbocycles. The summed E-state index contributed by atoms with van der Waals surface area (Å²) in [6.45, 7) is 0. The van der Waals surface area contributed by atoms with E-state index in [0.717, 1.165) is 0 Å². The maximum Gasteiger partial charge on any atom is 0.503 e. The zero-order valence-electron chi connectivity index (χ0n) is 2.21. The molecule has 0 aliphatic carbocycles. The minimum absolute atomic E-state index is 0. The van der Waals surface area contributed by atoms with Crippen molar-refractivity contribution in [2.24, 2.45) is 0 Å². The van der Waals surface area contributed by atoms with E-state index in [9.17, 15) is 0 Å². The van der Waals surface area contributed by atoms with Gasteiger partial charge in [0.15, 0.2) is 0 Å². The molecule has 5 heteroatoms. The molecule has 0 aromatic heterocycles. The van der Waals surface area contributed by atoms with Crippen molar-refractivity contribution in [1.29, 1.82) is 0 Å². The smallest absolute Gasteiger partial charge is 0.450 e. The Morgan fingerprint density at radius 1 is 1.33 bits per heavy atom. The van der Waals surface area contributed by atoms with Crippen LogP contribution in [0.25, 0.3) is 0 Å². The van der Waals surface area contributed by atoms with Crippen molar-refractivity contribution in [1.82, 2.24) is 0 Å². The Morgan fingerprint density at radius 3 is 1.33 bits per heavy atom. The van der Waals surface area contributed by atoms with Gasteiger partial charge in [-0.25, -0.2) is 4.79 Å². The zero-order valence-corrected chi connectivity index (χ0v) is 2.21. The van der Waals surface area contributed by atoms with Crippen molar-refractivity contribution in [3.8, 4) is 0 Å². The van der Waals surface area contributed by atoms with Crippen LogP contribution in [-0.2, 0) is 5.48 Å². The fourth-order valence-corrected chi connectivity index (χ4v) is 0. The number of rotatable bonds is 0. The second-order valence-corrected chi connectivity index (χ2v) is 0.283. The second-order valence-electron chi connectivity index (χ2n) is 0.283. The molecule has 2 radical (unpaired) electrons. The lowest BCUT2D eigenvalue weighted by Crippen LogP contribution is -1.81. The fraction of sp³-hybridized carbons (Fsp3) is 0. The quantitative estimate of drug-likeness (QED) is 0.394. The highest BCUT2D eigenvalue weighted by Crippen LogP contribution is 1.42. The first-order valence-electron chi connectivity index (χ1n) is 0.651. The number of carboxylic acid groups (broad SMARTS) is 2. The predicted molar refractivity (Wildman–Crippen MR) is 19.9 cm³/mol. The van der Waals surface area contributed by atoms with Gasteiger partial charge in [0.25, 0.3) is 0 Å². The van der Waals surface area contributed by atoms with Gasteiger partial charge in [0.05, 0.1) is 0 Å². The highest BCUT2D eigenvalue weighted by Gasteiger charge is 1.70. The molecule has 0 atom stereocenters. The van der Waals surface area contributed by atoms with E-state index < -0.39 is 6.16 Å². The average molecular weight is 104 g/mol. The van der Waals surface area contributed by atoms with Crippen LogP contribution in [-0.4, -0.2) is 39.4 Å². The Morgan fingerprint density at radius 2 is 1.33 bits per heavy atom. The number of hydrogen-bond donors (Lipinski definition) is 2. The van der Waals surface area contributed by atoms with Crippen molar-refractivity contribution in [3.05, 3.63) is 0 Å². The minimum atomic E-state index is -1.83. The topological polar surface area (TPSA) is 86.0 Å². The standard InChI is InChI=1S/CH2O3.Mg.O.2H/c2-1(3)4;;;;/h(H2,2,3,4);;;;. The van der Waals surface area contributed by atoms with Crippen LogP contribution in [0.3, 0.4) is 0 Å². The molecule has 0 fully saturated rings. The van der Waals surface area contributed by atoms with Crippen LogP contribution in [0.5, 0.6) is 0 Å². The van der Waals surface area contributed by atoms with E-state index in [1.165, 1.54) is 0 Å². The highest BCUT2D eigenvalue weighted by atomic mass is 24.3. The summed E-state index contributed by atoms with van der Waals surface area (Å²) in [7, 11) is 0. The molecule has 0 aliphatic rings. The number of carbonyl (C=O) groups is 1. The summed E-state index contributed by atoms with van der Waals surface area (Å²) >= 11 is 0. The molecule has 0 aromatic carbocycles. The third-order valence-corrected chi connectivity index (χ3v) is 0. The monoisotopic (exact) mass is 104 g/mol. The first-order valence-corrected chi connectivity index (χ1v) is 0.651. The molecule has 2 N–H and O–H groups in total. The minimum Gasteiger partial charge on any atom is -0.450 e. The number of hydrogen-bond acceptors (Lipinski definition) is 1. The summed E-state index contributed by atoms with van der Waals surface area (Å²) in [6, 6.07) is 0. The van der Waals surface area contributed by atoms with Crippen LogP contribution in [0, 0.1) is 0 Å². The zero-order chi connectivity index (χ0) is 3.58. The van der Waals surface area contributed by atoms with E-state index in [1.54, 1.807) is 0 Å². The Hall–Kier alpha value is -0.00377. The molecule has 0 spiro atoms. The Bertz CT molecular complexity index is 30.5. The van der Waals surface area contributed by atoms with Gasteiger partial charge >= 0.3 is 29.2 Å². The van der Waals surface area contributed by atoms with Crippen molar-refractivity contribution < 1.29 is 20.5 Å². The van der Waals surface area contributed by atoms with Crippen molar-refractivity contribution in [2.75, 3.05) is 0 Å². The Balaban J connectivity index is -0.0000000450. The van der Waals surface area contributed by atoms with Gasteiger partial charge in [-0.15, -0.1) is 0 Å². The lowest BCUT2D eigenvalue weighted by molar-refractivity contribution is 0.137. The van der Waals surface area contributed by atoms with E-state index >= 15 is 0 Å². The van der Waals surface area contributed by atoms with Crippen molar-refractivity contribution in [3.63, 3.8) is 0 Å². The fourth-order valence-electron chi connectivity index (χ4n) is 0. The van der Waals surface area contributed by atoms with Gasteiger partial charge in [-0.05, 0) is 0 Å². The summed E-state index contributed by atoms with van der Waals surface area (Å²) in [5.74, 6) is 0. The second kappa shape index (κ2) is 8.89. The van der Waals surface area contributed by atoms with Gasteiger partial charge < -0.3 is 10.2 Å². The third-order valence-electron chi connectivity index (χ3n) is 0. The molecule has 0 aromatic rings. The Kier molecular flexibility index (Phi) is 24.7. The average Bonchev–Trinajstić information content (AvgIpc) is 0.811. The SMILES string of the molecule is O=C(O)O.[MgH2].[O]. The van der Waals surface area contributed by atoms with E-state index in [4.69, 9.17) is 15.0 Å². The van der Waals surface area contributed by atoms with Gasteiger partial charge in [0.1, 0.15) is 0 Å². The highest BCUT2D eigenvalue weighted by molar-refractivity contribution is 5.75. The van der Waals surface area contributed by atoms with E-state index in [2.05, 4.69) is 0 Å². The maximum absolute atomic E-state index is 8.56. The van der Waals surface area contributed by atoms with Gasteiger partial charge in [-0.3, -0.25) is 0 Å². The Labute approximate surface area is 50.2 Å².